The summed E-state index contributed by atoms with van der Waals surface area (Å²) in [6.45, 7) is 0.685. The van der Waals surface area contributed by atoms with Crippen LogP contribution in [0.1, 0.15) is 23.2 Å². The van der Waals surface area contributed by atoms with E-state index in [1.54, 1.807) is 18.4 Å². The molecule has 0 saturated heterocycles. The summed E-state index contributed by atoms with van der Waals surface area (Å²) in [7, 11) is 0. The molecule has 1 heterocycles. The number of Topliss-reactive ketones (excluding diaryl/α,β-unsaturated/α-hetero) is 1. The number of benzene rings is 1. The van der Waals surface area contributed by atoms with E-state index >= 15 is 0 Å². The molecular weight excluding hydrogens is 270 g/mol. The van der Waals surface area contributed by atoms with E-state index in [1.165, 1.54) is 0 Å². The molecule has 1 aliphatic heterocycles. The number of rotatable bonds is 2. The van der Waals surface area contributed by atoms with Crippen molar-refractivity contribution in [3.8, 4) is 0 Å². The number of allylic oxidation sites excluding steroid dienone is 1. The highest BCUT2D eigenvalue weighted by Gasteiger charge is 2.17. The van der Waals surface area contributed by atoms with Gasteiger partial charge in [0.2, 0.25) is 0 Å². The fourth-order valence-electron chi connectivity index (χ4n) is 1.63. The largest absolute Gasteiger partial charge is 0.501 e. The Morgan fingerprint density at radius 2 is 2.25 bits per heavy atom. The first kappa shape index (κ1) is 11.2. The van der Waals surface area contributed by atoms with Gasteiger partial charge in [0.15, 0.2) is 5.78 Å². The van der Waals surface area contributed by atoms with Crippen molar-refractivity contribution in [2.24, 2.45) is 0 Å². The summed E-state index contributed by atoms with van der Waals surface area (Å²) >= 11 is 3.33. The van der Waals surface area contributed by atoms with Crippen LogP contribution in [0.2, 0.25) is 0 Å². The normalized spacial score (nSPS) is 15.2. The Labute approximate surface area is 102 Å². The van der Waals surface area contributed by atoms with Gasteiger partial charge in [-0.15, -0.1) is 0 Å². The summed E-state index contributed by atoms with van der Waals surface area (Å²) < 4.78 is 6.01. The number of hydrogen-bond donors (Lipinski definition) is 1. The number of nitrogens with two attached hydrogens (primary N) is 1. The van der Waals surface area contributed by atoms with Gasteiger partial charge in [-0.3, -0.25) is 4.79 Å². The quantitative estimate of drug-likeness (QED) is 0.670. The van der Waals surface area contributed by atoms with Crippen LogP contribution in [0.3, 0.4) is 0 Å². The molecule has 0 aliphatic carbocycles. The lowest BCUT2D eigenvalue weighted by Gasteiger charge is -2.13. The molecule has 16 heavy (non-hydrogen) atoms. The third-order valence-corrected chi connectivity index (χ3v) is 2.98. The summed E-state index contributed by atoms with van der Waals surface area (Å²) in [6.07, 6.45) is 3.18. The van der Waals surface area contributed by atoms with Crippen molar-refractivity contribution in [3.63, 3.8) is 0 Å². The predicted molar refractivity (Wildman–Crippen MR) is 66.2 cm³/mol. The average molecular weight is 282 g/mol. The molecule has 0 aromatic heterocycles. The smallest absolute Gasteiger partial charge is 0.194 e. The Kier molecular flexibility index (Phi) is 3.29. The molecule has 0 saturated carbocycles. The summed E-state index contributed by atoms with van der Waals surface area (Å²) in [5.41, 5.74) is 7.51. The minimum Gasteiger partial charge on any atom is -0.501 e. The van der Waals surface area contributed by atoms with Gasteiger partial charge >= 0.3 is 0 Å². The summed E-state index contributed by atoms with van der Waals surface area (Å²) in [4.78, 5) is 12.1. The maximum atomic E-state index is 12.1. The van der Waals surface area contributed by atoms with Gasteiger partial charge in [0.25, 0.3) is 0 Å². The third-order valence-electron chi connectivity index (χ3n) is 2.49. The van der Waals surface area contributed by atoms with Crippen LogP contribution in [0.4, 0.5) is 5.69 Å². The first-order valence-corrected chi connectivity index (χ1v) is 5.88. The number of halogens is 1. The fraction of sp³-hybridized carbons (Fsp3) is 0.250. The van der Waals surface area contributed by atoms with Crippen molar-refractivity contribution >= 4 is 27.4 Å². The van der Waals surface area contributed by atoms with Gasteiger partial charge in [-0.25, -0.2) is 0 Å². The van der Waals surface area contributed by atoms with Gasteiger partial charge in [-0.05, 0) is 31.0 Å². The zero-order valence-corrected chi connectivity index (χ0v) is 10.3. The Bertz CT molecular complexity index is 454. The molecule has 2 N–H and O–H groups in total. The first-order chi connectivity index (χ1) is 7.68. The zero-order chi connectivity index (χ0) is 11.5. The lowest BCUT2D eigenvalue weighted by Crippen LogP contribution is -2.11. The van der Waals surface area contributed by atoms with Crippen molar-refractivity contribution < 1.29 is 9.53 Å². The maximum absolute atomic E-state index is 12.1. The van der Waals surface area contributed by atoms with Crippen LogP contribution >= 0.6 is 15.9 Å². The second kappa shape index (κ2) is 4.70. The van der Waals surface area contributed by atoms with Crippen LogP contribution in [-0.2, 0) is 4.74 Å². The van der Waals surface area contributed by atoms with E-state index in [4.69, 9.17) is 10.5 Å². The molecule has 0 spiro atoms. The van der Waals surface area contributed by atoms with E-state index < -0.39 is 0 Å². The molecule has 84 valence electrons. The van der Waals surface area contributed by atoms with E-state index in [-0.39, 0.29) is 5.78 Å². The van der Waals surface area contributed by atoms with E-state index in [0.29, 0.717) is 23.4 Å². The van der Waals surface area contributed by atoms with Gasteiger partial charge in [0, 0.05) is 21.3 Å². The average Bonchev–Trinajstić information content (AvgIpc) is 2.32. The third kappa shape index (κ3) is 2.27. The van der Waals surface area contributed by atoms with Crippen LogP contribution in [0, 0.1) is 0 Å². The number of hydrogen-bond acceptors (Lipinski definition) is 3. The van der Waals surface area contributed by atoms with Gasteiger partial charge in [0.1, 0.15) is 0 Å². The molecule has 0 fully saturated rings. The molecular formula is C12H12BrNO2. The SMILES string of the molecule is Nc1ccc(Br)cc1C(=O)C1=COCCC1. The van der Waals surface area contributed by atoms with Crippen molar-refractivity contribution in [2.75, 3.05) is 12.3 Å². The Morgan fingerprint density at radius 3 is 2.94 bits per heavy atom. The van der Waals surface area contributed by atoms with Gasteiger partial charge in [0.05, 0.1) is 12.9 Å². The number of ether oxygens (including phenoxy) is 1. The minimum atomic E-state index is -0.0431. The lowest BCUT2D eigenvalue weighted by atomic mass is 9.98. The second-order valence-corrected chi connectivity index (χ2v) is 4.59. The molecule has 4 heteroatoms. The molecule has 1 aromatic rings. The molecule has 0 amide bonds. The van der Waals surface area contributed by atoms with E-state index in [1.807, 2.05) is 6.07 Å². The summed E-state index contributed by atoms with van der Waals surface area (Å²) in [6, 6.07) is 5.28. The van der Waals surface area contributed by atoms with E-state index in [2.05, 4.69) is 15.9 Å². The molecule has 3 nitrogen and oxygen atoms in total. The van der Waals surface area contributed by atoms with Gasteiger partial charge in [-0.1, -0.05) is 15.9 Å². The first-order valence-electron chi connectivity index (χ1n) is 5.09. The molecule has 0 atom stereocenters. The van der Waals surface area contributed by atoms with E-state index in [0.717, 1.165) is 17.3 Å². The maximum Gasteiger partial charge on any atom is 0.194 e. The van der Waals surface area contributed by atoms with Gasteiger partial charge < -0.3 is 10.5 Å². The summed E-state index contributed by atoms with van der Waals surface area (Å²) in [5, 5.41) is 0. The number of carbonyl (C=O) groups is 1. The molecule has 0 bridgehead atoms. The topological polar surface area (TPSA) is 52.3 Å². The minimum absolute atomic E-state index is 0.0431. The zero-order valence-electron chi connectivity index (χ0n) is 8.70. The van der Waals surface area contributed by atoms with Crippen molar-refractivity contribution in [1.29, 1.82) is 0 Å². The van der Waals surface area contributed by atoms with Crippen molar-refractivity contribution in [2.45, 2.75) is 12.8 Å². The molecule has 0 unspecified atom stereocenters. The van der Waals surface area contributed by atoms with Crippen LogP contribution in [0.25, 0.3) is 0 Å². The molecule has 0 radical (unpaired) electrons. The number of nitrogen functional groups attached to an aromatic ring is 1. The second-order valence-electron chi connectivity index (χ2n) is 3.68. The molecule has 1 aliphatic rings. The Morgan fingerprint density at radius 1 is 1.44 bits per heavy atom. The van der Waals surface area contributed by atoms with Crippen molar-refractivity contribution in [1.82, 2.24) is 0 Å². The monoisotopic (exact) mass is 281 g/mol. The number of carbonyl (C=O) groups excluding carboxylic acids is 1. The number of ketones is 1. The van der Waals surface area contributed by atoms with E-state index in [9.17, 15) is 4.79 Å². The van der Waals surface area contributed by atoms with Crippen LogP contribution in [0.5, 0.6) is 0 Å². The highest BCUT2D eigenvalue weighted by atomic mass is 79.9. The highest BCUT2D eigenvalue weighted by Crippen LogP contribution is 2.24. The standard InChI is InChI=1S/C12H12BrNO2/c13-9-3-4-11(14)10(6-9)12(15)8-2-1-5-16-7-8/h3-4,6-7H,1-2,5,14H2. The van der Waals surface area contributed by atoms with Gasteiger partial charge in [-0.2, -0.15) is 0 Å². The lowest BCUT2D eigenvalue weighted by molar-refractivity contribution is 0.101. The predicted octanol–water partition coefficient (Wildman–Crippen LogP) is 2.91. The summed E-state index contributed by atoms with van der Waals surface area (Å²) in [5.74, 6) is -0.0431. The van der Waals surface area contributed by atoms with Crippen LogP contribution < -0.4 is 5.73 Å². The molecule has 1 aromatic carbocycles. The fourth-order valence-corrected chi connectivity index (χ4v) is 1.99. The van der Waals surface area contributed by atoms with Crippen LogP contribution in [-0.4, -0.2) is 12.4 Å². The molecule has 2 rings (SSSR count). The van der Waals surface area contributed by atoms with Crippen LogP contribution in [0.15, 0.2) is 34.5 Å². The Balaban J connectivity index is 2.33. The number of anilines is 1. The Hall–Kier alpha value is -1.29. The highest BCUT2D eigenvalue weighted by molar-refractivity contribution is 9.10. The van der Waals surface area contributed by atoms with Crippen molar-refractivity contribution in [3.05, 3.63) is 40.1 Å².